The molecule has 0 saturated carbocycles. The van der Waals surface area contributed by atoms with Gasteiger partial charge < -0.3 is 21.3 Å². The minimum absolute atomic E-state index is 0.324. The summed E-state index contributed by atoms with van der Waals surface area (Å²) in [6.45, 7) is 1.14. The van der Waals surface area contributed by atoms with Gasteiger partial charge in [0, 0.05) is 0 Å². The Labute approximate surface area is 69.4 Å². The minimum atomic E-state index is -1.58. The lowest BCUT2D eigenvalue weighted by Gasteiger charge is -2.09. The number of hydrogen-bond acceptors (Lipinski definition) is 4. The molecule has 0 heterocycles. The molecule has 0 aliphatic rings. The molecule has 12 heavy (non-hydrogen) atoms. The van der Waals surface area contributed by atoms with Crippen molar-refractivity contribution in [2.75, 3.05) is 6.54 Å². The third-order valence-corrected chi connectivity index (χ3v) is 1.17. The molecule has 1 amide bonds. The van der Waals surface area contributed by atoms with Crippen LogP contribution in [-0.2, 0) is 9.59 Å². The van der Waals surface area contributed by atoms with Gasteiger partial charge in [-0.05, 0) is 6.92 Å². The van der Waals surface area contributed by atoms with Gasteiger partial charge in [-0.1, -0.05) is 0 Å². The lowest BCUT2D eigenvalue weighted by molar-refractivity contribution is -0.146. The molecule has 0 aliphatic carbocycles. The molecule has 0 saturated heterocycles. The molecule has 0 radical (unpaired) electrons. The standard InChI is InChI=1S/C6H12N2O4/c1-3(7)5(10)8-2-4(9)6(11)12/h3-4,9H,2,7H2,1H3,(H,8,10)(H,11,12)/t3-,4-/m0/s1. The molecule has 0 unspecified atom stereocenters. The van der Waals surface area contributed by atoms with Gasteiger partial charge in [0.25, 0.3) is 0 Å². The second kappa shape index (κ2) is 4.68. The smallest absolute Gasteiger partial charge is 0.334 e. The van der Waals surface area contributed by atoms with Crippen molar-refractivity contribution in [2.45, 2.75) is 19.1 Å². The summed E-state index contributed by atoms with van der Waals surface area (Å²) in [7, 11) is 0. The van der Waals surface area contributed by atoms with Crippen molar-refractivity contribution in [1.29, 1.82) is 0 Å². The fourth-order valence-electron chi connectivity index (χ4n) is 0.446. The maximum Gasteiger partial charge on any atom is 0.334 e. The second-order valence-corrected chi connectivity index (χ2v) is 2.39. The molecular weight excluding hydrogens is 164 g/mol. The summed E-state index contributed by atoms with van der Waals surface area (Å²) in [5, 5.41) is 19.1. The van der Waals surface area contributed by atoms with Crippen LogP contribution in [0, 0.1) is 0 Å². The predicted octanol–water partition coefficient (Wildman–Crippen LogP) is -2.10. The van der Waals surface area contributed by atoms with Gasteiger partial charge in [0.05, 0.1) is 12.6 Å². The number of carbonyl (C=O) groups excluding carboxylic acids is 1. The van der Waals surface area contributed by atoms with E-state index in [1.807, 2.05) is 0 Å². The van der Waals surface area contributed by atoms with E-state index in [2.05, 4.69) is 5.32 Å². The van der Waals surface area contributed by atoms with Gasteiger partial charge >= 0.3 is 5.97 Å². The van der Waals surface area contributed by atoms with Crippen molar-refractivity contribution in [1.82, 2.24) is 5.32 Å². The average molecular weight is 176 g/mol. The number of carboxylic acids is 1. The second-order valence-electron chi connectivity index (χ2n) is 2.39. The predicted molar refractivity (Wildman–Crippen MR) is 40.3 cm³/mol. The van der Waals surface area contributed by atoms with E-state index in [1.165, 1.54) is 6.92 Å². The van der Waals surface area contributed by atoms with Gasteiger partial charge in [-0.15, -0.1) is 0 Å². The van der Waals surface area contributed by atoms with Crippen LogP contribution in [0.15, 0.2) is 0 Å². The molecule has 0 aromatic rings. The van der Waals surface area contributed by atoms with Crippen molar-refractivity contribution in [3.63, 3.8) is 0 Å². The largest absolute Gasteiger partial charge is 0.479 e. The maximum absolute atomic E-state index is 10.7. The zero-order valence-corrected chi connectivity index (χ0v) is 6.65. The van der Waals surface area contributed by atoms with E-state index in [9.17, 15) is 9.59 Å². The molecule has 0 rings (SSSR count). The van der Waals surface area contributed by atoms with Crippen LogP contribution in [-0.4, -0.2) is 40.8 Å². The Balaban J connectivity index is 3.69. The first kappa shape index (κ1) is 10.9. The molecule has 0 aliphatic heterocycles. The summed E-state index contributed by atoms with van der Waals surface area (Å²) in [6.07, 6.45) is -1.58. The summed E-state index contributed by atoms with van der Waals surface area (Å²) in [4.78, 5) is 20.8. The zero-order chi connectivity index (χ0) is 9.72. The highest BCUT2D eigenvalue weighted by molar-refractivity contribution is 5.82. The lowest BCUT2D eigenvalue weighted by atomic mass is 10.3. The van der Waals surface area contributed by atoms with E-state index in [4.69, 9.17) is 15.9 Å². The highest BCUT2D eigenvalue weighted by atomic mass is 16.4. The normalized spacial score (nSPS) is 14.9. The molecule has 6 nitrogen and oxygen atoms in total. The van der Waals surface area contributed by atoms with Crippen LogP contribution in [0.2, 0.25) is 0 Å². The fourth-order valence-corrected chi connectivity index (χ4v) is 0.446. The third-order valence-electron chi connectivity index (χ3n) is 1.17. The molecule has 2 atom stereocenters. The number of aliphatic hydroxyl groups is 1. The summed E-state index contributed by atoms with van der Waals surface area (Å²) in [5.41, 5.74) is 5.16. The van der Waals surface area contributed by atoms with E-state index in [0.29, 0.717) is 0 Å². The van der Waals surface area contributed by atoms with Crippen LogP contribution < -0.4 is 11.1 Å². The Morgan fingerprint density at radius 2 is 2.08 bits per heavy atom. The fraction of sp³-hybridized carbons (Fsp3) is 0.667. The van der Waals surface area contributed by atoms with Crippen LogP contribution in [0.1, 0.15) is 6.92 Å². The number of nitrogens with one attached hydrogen (secondary N) is 1. The lowest BCUT2D eigenvalue weighted by Crippen LogP contribution is -2.43. The van der Waals surface area contributed by atoms with E-state index in [0.717, 1.165) is 0 Å². The number of aliphatic hydroxyl groups excluding tert-OH is 1. The number of aliphatic carboxylic acids is 1. The van der Waals surface area contributed by atoms with Crippen LogP contribution in [0.4, 0.5) is 0 Å². The summed E-state index contributed by atoms with van der Waals surface area (Å²) < 4.78 is 0. The number of hydrogen-bond donors (Lipinski definition) is 4. The molecule has 0 aromatic carbocycles. The Hall–Kier alpha value is -1.14. The van der Waals surface area contributed by atoms with Gasteiger partial charge in [-0.25, -0.2) is 4.79 Å². The first-order valence-electron chi connectivity index (χ1n) is 3.39. The number of carbonyl (C=O) groups is 2. The van der Waals surface area contributed by atoms with E-state index in [1.54, 1.807) is 0 Å². The molecule has 70 valence electrons. The highest BCUT2D eigenvalue weighted by Crippen LogP contribution is 1.81. The van der Waals surface area contributed by atoms with E-state index < -0.39 is 24.0 Å². The molecule has 0 spiro atoms. The molecule has 5 N–H and O–H groups in total. The SMILES string of the molecule is C[C@H](N)C(=O)NC[C@H](O)C(=O)O. The molecule has 6 heteroatoms. The van der Waals surface area contributed by atoms with Gasteiger partial charge in [0.15, 0.2) is 6.10 Å². The van der Waals surface area contributed by atoms with Gasteiger partial charge in [-0.2, -0.15) is 0 Å². The van der Waals surface area contributed by atoms with Crippen LogP contribution in [0.5, 0.6) is 0 Å². The van der Waals surface area contributed by atoms with Crippen molar-refractivity contribution < 1.29 is 19.8 Å². The topological polar surface area (TPSA) is 113 Å². The van der Waals surface area contributed by atoms with E-state index >= 15 is 0 Å². The Morgan fingerprint density at radius 1 is 1.58 bits per heavy atom. The number of amides is 1. The number of carboxylic acid groups (broad SMARTS) is 1. The molecule has 0 aromatic heterocycles. The summed E-state index contributed by atoms with van der Waals surface area (Å²) in [6, 6.07) is -0.703. The van der Waals surface area contributed by atoms with Gasteiger partial charge in [0.1, 0.15) is 0 Å². The van der Waals surface area contributed by atoms with Crippen LogP contribution >= 0.6 is 0 Å². The van der Waals surface area contributed by atoms with Crippen LogP contribution in [0.3, 0.4) is 0 Å². The van der Waals surface area contributed by atoms with Crippen molar-refractivity contribution >= 4 is 11.9 Å². The molecular formula is C6H12N2O4. The number of rotatable bonds is 4. The average Bonchev–Trinajstić information content (AvgIpc) is 1.98. The highest BCUT2D eigenvalue weighted by Gasteiger charge is 2.15. The third kappa shape index (κ3) is 3.89. The minimum Gasteiger partial charge on any atom is -0.479 e. The maximum atomic E-state index is 10.7. The monoisotopic (exact) mass is 176 g/mol. The summed E-state index contributed by atoms with van der Waals surface area (Å²) in [5.74, 6) is -1.87. The van der Waals surface area contributed by atoms with Gasteiger partial charge in [0.2, 0.25) is 5.91 Å². The Bertz CT molecular complexity index is 180. The Kier molecular flexibility index (Phi) is 4.24. The quantitative estimate of drug-likeness (QED) is 0.392. The summed E-state index contributed by atoms with van der Waals surface area (Å²) >= 11 is 0. The van der Waals surface area contributed by atoms with Crippen molar-refractivity contribution in [3.05, 3.63) is 0 Å². The van der Waals surface area contributed by atoms with Crippen molar-refractivity contribution in [3.8, 4) is 0 Å². The zero-order valence-electron chi connectivity index (χ0n) is 6.65. The van der Waals surface area contributed by atoms with Crippen LogP contribution in [0.25, 0.3) is 0 Å². The van der Waals surface area contributed by atoms with E-state index in [-0.39, 0.29) is 6.54 Å². The molecule has 0 fully saturated rings. The first-order valence-corrected chi connectivity index (χ1v) is 3.39. The van der Waals surface area contributed by atoms with Gasteiger partial charge in [-0.3, -0.25) is 4.79 Å². The first-order chi connectivity index (χ1) is 5.45. The number of nitrogens with two attached hydrogens (primary N) is 1. The molecule has 0 bridgehead atoms. The Morgan fingerprint density at radius 3 is 2.42 bits per heavy atom. The van der Waals surface area contributed by atoms with Crippen molar-refractivity contribution in [2.24, 2.45) is 5.73 Å².